The predicted octanol–water partition coefficient (Wildman–Crippen LogP) is 5.41. The Morgan fingerprint density at radius 2 is 1.02 bits per heavy atom. The van der Waals surface area contributed by atoms with Gasteiger partial charge in [-0.1, -0.05) is 26.7 Å². The van der Waals surface area contributed by atoms with Crippen LogP contribution in [0.4, 0.5) is 0 Å². The largest absolute Gasteiger partial charge is 0.507 e. The lowest BCUT2D eigenvalue weighted by Crippen LogP contribution is -2.23. The number of methoxy groups -OCH3 is 1. The Balaban J connectivity index is 1.56. The zero-order valence-electron chi connectivity index (χ0n) is 27.7. The van der Waals surface area contributed by atoms with Crippen molar-refractivity contribution in [2.24, 2.45) is 0 Å². The first-order chi connectivity index (χ1) is 23.3. The summed E-state index contributed by atoms with van der Waals surface area (Å²) in [7, 11) is 1.57. The van der Waals surface area contributed by atoms with E-state index in [1.54, 1.807) is 55.6 Å². The number of phenols is 2. The second-order valence-electron chi connectivity index (χ2n) is 11.2. The van der Waals surface area contributed by atoms with Gasteiger partial charge in [-0.3, -0.25) is 0 Å². The Labute approximate surface area is 280 Å². The summed E-state index contributed by atoms with van der Waals surface area (Å²) in [5, 5.41) is 42.3. The number of rotatable bonds is 20. The molecule has 258 valence electrons. The fourth-order valence-electron chi connectivity index (χ4n) is 4.48. The molecule has 12 nitrogen and oxygen atoms in total. The molecule has 12 heteroatoms. The van der Waals surface area contributed by atoms with Crippen LogP contribution in [0.1, 0.15) is 39.5 Å². The molecule has 0 spiro atoms. The summed E-state index contributed by atoms with van der Waals surface area (Å²) < 4.78 is 27.5. The van der Waals surface area contributed by atoms with Gasteiger partial charge in [-0.05, 0) is 61.4 Å². The zero-order valence-corrected chi connectivity index (χ0v) is 27.7. The van der Waals surface area contributed by atoms with Crippen LogP contribution in [0.15, 0.2) is 60.7 Å². The second kappa shape index (κ2) is 18.7. The van der Waals surface area contributed by atoms with Gasteiger partial charge in [-0.25, -0.2) is 15.0 Å². The number of aromatic nitrogens is 3. The first kappa shape index (κ1) is 36.3. The van der Waals surface area contributed by atoms with Crippen molar-refractivity contribution in [2.45, 2.75) is 51.7 Å². The smallest absolute Gasteiger partial charge is 0.167 e. The molecule has 4 rings (SSSR count). The van der Waals surface area contributed by atoms with Gasteiger partial charge in [0.25, 0.3) is 0 Å². The quantitative estimate of drug-likeness (QED) is 0.0891. The maximum Gasteiger partial charge on any atom is 0.167 e. The minimum Gasteiger partial charge on any atom is -0.507 e. The van der Waals surface area contributed by atoms with Crippen LogP contribution in [0.2, 0.25) is 0 Å². The highest BCUT2D eigenvalue weighted by atomic mass is 16.5. The highest BCUT2D eigenvalue weighted by Gasteiger charge is 2.18. The van der Waals surface area contributed by atoms with E-state index < -0.39 is 12.2 Å². The molecule has 0 bridgehead atoms. The van der Waals surface area contributed by atoms with Crippen LogP contribution in [0, 0.1) is 0 Å². The summed E-state index contributed by atoms with van der Waals surface area (Å²) in [6.45, 7) is 5.57. The van der Waals surface area contributed by atoms with E-state index in [0.717, 1.165) is 25.7 Å². The molecule has 4 aromatic rings. The summed E-state index contributed by atoms with van der Waals surface area (Å²) in [5.41, 5.74) is 1.27. The van der Waals surface area contributed by atoms with Crippen LogP contribution in [0.5, 0.6) is 28.7 Å². The molecule has 2 atom stereocenters. The van der Waals surface area contributed by atoms with Gasteiger partial charge in [0.05, 0.1) is 31.5 Å². The number of ether oxygens (including phenoxy) is 5. The van der Waals surface area contributed by atoms with Gasteiger partial charge in [0.1, 0.15) is 54.2 Å². The Kier molecular flexibility index (Phi) is 14.2. The van der Waals surface area contributed by atoms with E-state index in [-0.39, 0.29) is 49.6 Å². The highest BCUT2D eigenvalue weighted by molar-refractivity contribution is 5.72. The third-order valence-corrected chi connectivity index (χ3v) is 7.19. The molecule has 1 heterocycles. The zero-order chi connectivity index (χ0) is 34.3. The lowest BCUT2D eigenvalue weighted by molar-refractivity contribution is 0.0113. The van der Waals surface area contributed by atoms with Crippen LogP contribution in [0.25, 0.3) is 34.2 Å². The topological polar surface area (TPSA) is 166 Å². The fraction of sp³-hybridized carbons (Fsp3) is 0.417. The number of aliphatic hydroxyl groups excluding tert-OH is 2. The summed E-state index contributed by atoms with van der Waals surface area (Å²) in [6.07, 6.45) is 2.21. The molecule has 2 unspecified atom stereocenters. The SMILES string of the molecule is CCCCOCC(O)COc1ccc(-c2nc(-c3ccc(OC)cc3)nc(-c3ccc(OCC(O)COCCCC)cc3O)n2)c(O)c1. The van der Waals surface area contributed by atoms with Gasteiger partial charge in [0.2, 0.25) is 0 Å². The molecule has 0 radical (unpaired) electrons. The Morgan fingerprint density at radius 1 is 0.583 bits per heavy atom. The standard InChI is InChI=1S/C36H45N3O9/c1-4-6-16-45-20-25(40)22-47-28-12-14-30(32(42)18-28)35-37-34(24-8-10-27(44-3)11-9-24)38-36(39-35)31-15-13-29(19-33(31)43)48-23-26(41)21-46-17-7-5-2/h8-15,18-19,25-26,40-43H,4-7,16-17,20-23H2,1-3H3. The van der Waals surface area contributed by atoms with Crippen LogP contribution >= 0.6 is 0 Å². The van der Waals surface area contributed by atoms with Gasteiger partial charge in [0.15, 0.2) is 17.5 Å². The first-order valence-corrected chi connectivity index (χ1v) is 16.2. The summed E-state index contributed by atoms with van der Waals surface area (Å²) in [6, 6.07) is 16.5. The van der Waals surface area contributed by atoms with E-state index in [9.17, 15) is 20.4 Å². The number of hydrogen-bond donors (Lipinski definition) is 4. The van der Waals surface area contributed by atoms with Crippen LogP contribution in [-0.4, -0.2) is 94.3 Å². The number of benzene rings is 3. The van der Waals surface area contributed by atoms with Crippen molar-refractivity contribution in [1.29, 1.82) is 0 Å². The van der Waals surface area contributed by atoms with E-state index in [4.69, 9.17) is 23.7 Å². The number of aliphatic hydroxyl groups is 2. The molecule has 0 saturated heterocycles. The number of aromatic hydroxyl groups is 2. The van der Waals surface area contributed by atoms with Crippen molar-refractivity contribution in [1.82, 2.24) is 15.0 Å². The van der Waals surface area contributed by atoms with E-state index in [2.05, 4.69) is 28.8 Å². The molecular formula is C36H45N3O9. The predicted molar refractivity (Wildman–Crippen MR) is 180 cm³/mol. The minimum absolute atomic E-state index is 0.00683. The van der Waals surface area contributed by atoms with Crippen molar-refractivity contribution in [3.05, 3.63) is 60.7 Å². The maximum absolute atomic E-state index is 11.0. The average molecular weight is 664 g/mol. The lowest BCUT2D eigenvalue weighted by Gasteiger charge is -2.15. The first-order valence-electron chi connectivity index (χ1n) is 16.2. The molecule has 0 aliphatic heterocycles. The van der Waals surface area contributed by atoms with Crippen molar-refractivity contribution in [2.75, 3.05) is 46.8 Å². The van der Waals surface area contributed by atoms with Crippen molar-refractivity contribution in [3.63, 3.8) is 0 Å². The maximum atomic E-state index is 11.0. The molecule has 0 fully saturated rings. The molecule has 0 saturated carbocycles. The van der Waals surface area contributed by atoms with Crippen LogP contribution in [-0.2, 0) is 9.47 Å². The van der Waals surface area contributed by atoms with Crippen LogP contribution < -0.4 is 14.2 Å². The van der Waals surface area contributed by atoms with Gasteiger partial charge in [0, 0.05) is 30.9 Å². The molecule has 48 heavy (non-hydrogen) atoms. The normalized spacial score (nSPS) is 12.4. The molecule has 3 aromatic carbocycles. The van der Waals surface area contributed by atoms with Gasteiger partial charge < -0.3 is 44.1 Å². The van der Waals surface area contributed by atoms with Crippen molar-refractivity contribution < 1.29 is 44.1 Å². The van der Waals surface area contributed by atoms with E-state index in [0.29, 0.717) is 53.0 Å². The Morgan fingerprint density at radius 3 is 1.44 bits per heavy atom. The van der Waals surface area contributed by atoms with Crippen molar-refractivity contribution >= 4 is 0 Å². The van der Waals surface area contributed by atoms with E-state index in [1.165, 1.54) is 12.1 Å². The van der Waals surface area contributed by atoms with Gasteiger partial charge >= 0.3 is 0 Å². The third-order valence-electron chi connectivity index (χ3n) is 7.19. The van der Waals surface area contributed by atoms with E-state index in [1.807, 2.05) is 0 Å². The number of unbranched alkanes of at least 4 members (excludes halogenated alkanes) is 2. The second-order valence-corrected chi connectivity index (χ2v) is 11.2. The Bertz CT molecular complexity index is 1480. The third kappa shape index (κ3) is 10.8. The monoisotopic (exact) mass is 663 g/mol. The molecule has 0 amide bonds. The van der Waals surface area contributed by atoms with Crippen molar-refractivity contribution in [3.8, 4) is 62.9 Å². The van der Waals surface area contributed by atoms with Gasteiger partial charge in [-0.2, -0.15) is 0 Å². The van der Waals surface area contributed by atoms with Gasteiger partial charge in [-0.15, -0.1) is 0 Å². The fourth-order valence-corrected chi connectivity index (χ4v) is 4.48. The molecule has 0 aliphatic carbocycles. The molecule has 1 aromatic heterocycles. The minimum atomic E-state index is -0.819. The highest BCUT2D eigenvalue weighted by Crippen LogP contribution is 2.36. The molecule has 4 N–H and O–H groups in total. The van der Waals surface area contributed by atoms with E-state index >= 15 is 0 Å². The summed E-state index contributed by atoms with van der Waals surface area (Å²) in [4.78, 5) is 13.9. The Hall–Kier alpha value is -4.49. The average Bonchev–Trinajstić information content (AvgIpc) is 3.10. The number of nitrogens with zero attached hydrogens (tertiary/aromatic N) is 3. The summed E-state index contributed by atoms with van der Waals surface area (Å²) in [5.74, 6) is 1.67. The number of phenolic OH excluding ortho intramolecular Hbond substituents is 2. The van der Waals surface area contributed by atoms with Crippen LogP contribution in [0.3, 0.4) is 0 Å². The molecular weight excluding hydrogens is 618 g/mol. The summed E-state index contributed by atoms with van der Waals surface area (Å²) >= 11 is 0. The molecule has 0 aliphatic rings. The number of hydrogen-bond acceptors (Lipinski definition) is 12. The lowest BCUT2D eigenvalue weighted by atomic mass is 10.1.